The standard InChI is InChI=1S/C38H58N6O8/c1-12-13-19-24(29(46)32(48)39-20-25(45)41-27(33(49)43(10)11)22-17-15-14-16-18-22)40-31(47)28-26-23(38(26,8)9)21-44(28)34(50)30(36(2,3)4)42-35(51)52-37(5,6)7/h14-18,23-24,26-28,30H,12-13,19-21H2,1-11H3,(H,39,48)(H,40,47)(H,41,45)(H,42,51)/t23-,24?,26?,27-,28-,30+/m0/s1. The van der Waals surface area contributed by atoms with Crippen LogP contribution in [0.3, 0.4) is 0 Å². The lowest BCUT2D eigenvalue weighted by Crippen LogP contribution is -2.60. The molecule has 4 N–H and O–H groups in total. The molecule has 1 aromatic rings. The number of carbonyl (C=O) groups excluding carboxylic acids is 7. The Kier molecular flexibility index (Phi) is 13.3. The highest BCUT2D eigenvalue weighted by Gasteiger charge is 2.70. The number of hydrogen-bond donors (Lipinski definition) is 4. The van der Waals surface area contributed by atoms with Gasteiger partial charge in [0, 0.05) is 20.6 Å². The van der Waals surface area contributed by atoms with Crippen LogP contribution in [-0.2, 0) is 33.5 Å². The zero-order chi connectivity index (χ0) is 39.3. The number of piperidine rings is 1. The average molecular weight is 727 g/mol. The zero-order valence-electron chi connectivity index (χ0n) is 32.5. The van der Waals surface area contributed by atoms with Gasteiger partial charge in [0.05, 0.1) is 12.6 Å². The number of nitrogens with zero attached hydrogens (tertiary/aromatic N) is 2. The van der Waals surface area contributed by atoms with E-state index in [2.05, 4.69) is 21.3 Å². The first kappa shape index (κ1) is 41.9. The molecule has 2 unspecified atom stereocenters. The summed E-state index contributed by atoms with van der Waals surface area (Å²) in [6.07, 6.45) is 0.611. The molecule has 1 saturated heterocycles. The van der Waals surface area contributed by atoms with E-state index >= 15 is 0 Å². The molecule has 2 aliphatic rings. The fourth-order valence-electron chi connectivity index (χ4n) is 6.80. The molecule has 0 bridgehead atoms. The minimum Gasteiger partial charge on any atom is -0.444 e. The molecule has 52 heavy (non-hydrogen) atoms. The third kappa shape index (κ3) is 10.3. The number of carbonyl (C=O) groups is 7. The van der Waals surface area contributed by atoms with E-state index in [0.29, 0.717) is 24.9 Å². The smallest absolute Gasteiger partial charge is 0.408 e. The highest BCUT2D eigenvalue weighted by atomic mass is 16.6. The summed E-state index contributed by atoms with van der Waals surface area (Å²) in [4.78, 5) is 96.2. The van der Waals surface area contributed by atoms with Crippen LogP contribution in [-0.4, -0.2) is 102 Å². The number of Topliss-reactive ketones (excluding diaryl/α,β-unsaturated/α-hetero) is 1. The molecule has 14 heteroatoms. The van der Waals surface area contributed by atoms with Gasteiger partial charge in [0.2, 0.25) is 29.4 Å². The van der Waals surface area contributed by atoms with Crippen molar-refractivity contribution in [1.82, 2.24) is 31.1 Å². The second-order valence-corrected chi connectivity index (χ2v) is 16.7. The van der Waals surface area contributed by atoms with E-state index in [1.165, 1.54) is 9.80 Å². The maximum Gasteiger partial charge on any atom is 0.408 e. The summed E-state index contributed by atoms with van der Waals surface area (Å²) in [7, 11) is 3.12. The molecule has 1 aliphatic heterocycles. The van der Waals surface area contributed by atoms with Crippen LogP contribution in [0.15, 0.2) is 30.3 Å². The molecule has 3 rings (SSSR count). The number of amides is 6. The quantitative estimate of drug-likeness (QED) is 0.211. The molecule has 1 saturated carbocycles. The van der Waals surface area contributed by atoms with Gasteiger partial charge < -0.3 is 35.8 Å². The van der Waals surface area contributed by atoms with Crippen molar-refractivity contribution < 1.29 is 38.3 Å². The predicted molar refractivity (Wildman–Crippen MR) is 194 cm³/mol. The van der Waals surface area contributed by atoms with Gasteiger partial charge in [-0.3, -0.25) is 28.8 Å². The van der Waals surface area contributed by atoms with Crippen molar-refractivity contribution >= 4 is 41.4 Å². The van der Waals surface area contributed by atoms with Gasteiger partial charge in [-0.05, 0) is 55.4 Å². The van der Waals surface area contributed by atoms with Crippen LogP contribution >= 0.6 is 0 Å². The summed E-state index contributed by atoms with van der Waals surface area (Å²) in [5, 5.41) is 10.4. The summed E-state index contributed by atoms with van der Waals surface area (Å²) in [5.41, 5.74) is -1.21. The number of rotatable bonds is 14. The monoisotopic (exact) mass is 726 g/mol. The first-order chi connectivity index (χ1) is 24.0. The highest BCUT2D eigenvalue weighted by Crippen LogP contribution is 2.65. The second kappa shape index (κ2) is 16.5. The fraction of sp³-hybridized carbons (Fsp3) is 0.658. The molecular formula is C38H58N6O8. The Morgan fingerprint density at radius 2 is 1.56 bits per heavy atom. The Morgan fingerprint density at radius 3 is 2.10 bits per heavy atom. The number of ether oxygens (including phenoxy) is 1. The van der Waals surface area contributed by atoms with Crippen molar-refractivity contribution in [1.29, 1.82) is 0 Å². The molecule has 1 heterocycles. The molecule has 0 aromatic heterocycles. The molecular weight excluding hydrogens is 668 g/mol. The lowest BCUT2D eigenvalue weighted by atomic mass is 9.85. The first-order valence-corrected chi connectivity index (χ1v) is 18.0. The number of ketones is 1. The summed E-state index contributed by atoms with van der Waals surface area (Å²) < 4.78 is 5.43. The highest BCUT2D eigenvalue weighted by molar-refractivity contribution is 6.38. The Bertz CT molecular complexity index is 1510. The van der Waals surface area contributed by atoms with Gasteiger partial charge in [-0.25, -0.2) is 4.79 Å². The number of fused-ring (bicyclic) bond motifs is 1. The summed E-state index contributed by atoms with van der Waals surface area (Å²) in [6, 6.07) is 4.47. The van der Waals surface area contributed by atoms with E-state index < -0.39 is 77.2 Å². The van der Waals surface area contributed by atoms with E-state index in [9.17, 15) is 33.6 Å². The molecule has 6 atom stereocenters. The third-order valence-corrected chi connectivity index (χ3v) is 9.77. The van der Waals surface area contributed by atoms with Gasteiger partial charge >= 0.3 is 6.09 Å². The van der Waals surface area contributed by atoms with E-state index in [-0.39, 0.29) is 29.6 Å². The van der Waals surface area contributed by atoms with Crippen LogP contribution in [0.4, 0.5) is 4.79 Å². The van der Waals surface area contributed by atoms with Gasteiger partial charge in [-0.15, -0.1) is 0 Å². The average Bonchev–Trinajstić information content (AvgIpc) is 3.35. The van der Waals surface area contributed by atoms with Crippen LogP contribution in [0.1, 0.15) is 93.2 Å². The molecule has 0 radical (unpaired) electrons. The van der Waals surface area contributed by atoms with E-state index in [1.807, 2.05) is 41.5 Å². The molecule has 288 valence electrons. The largest absolute Gasteiger partial charge is 0.444 e. The number of likely N-dealkylation sites (N-methyl/N-ethyl adjacent to an activating group) is 1. The number of benzene rings is 1. The SMILES string of the molecule is CCCCC(NC(=O)[C@@H]1C2[C@H](CN1C(=O)[C@@H](NC(=O)OC(C)(C)C)C(C)(C)C)C2(C)C)C(=O)C(=O)NCC(=O)N[C@H](C(=O)N(C)C)c1ccccc1. The maximum atomic E-state index is 14.2. The van der Waals surface area contributed by atoms with Gasteiger partial charge in [0.15, 0.2) is 0 Å². The third-order valence-electron chi connectivity index (χ3n) is 9.77. The van der Waals surface area contributed by atoms with Crippen molar-refractivity contribution in [3.8, 4) is 0 Å². The molecule has 1 aliphatic carbocycles. The maximum absolute atomic E-state index is 14.2. The van der Waals surface area contributed by atoms with Crippen molar-refractivity contribution in [2.45, 2.75) is 111 Å². The number of unbranched alkanes of at least 4 members (excludes halogenated alkanes) is 1. The van der Waals surface area contributed by atoms with E-state index in [1.54, 1.807) is 65.2 Å². The van der Waals surface area contributed by atoms with Gasteiger partial charge in [-0.2, -0.15) is 0 Å². The first-order valence-electron chi connectivity index (χ1n) is 18.0. The Hall–Kier alpha value is -4.49. The van der Waals surface area contributed by atoms with E-state index in [0.717, 1.165) is 0 Å². The van der Waals surface area contributed by atoms with Crippen molar-refractivity contribution in [2.75, 3.05) is 27.2 Å². The summed E-state index contributed by atoms with van der Waals surface area (Å²) in [5.74, 6) is -4.23. The van der Waals surface area contributed by atoms with Crippen LogP contribution in [0.2, 0.25) is 0 Å². The molecule has 0 spiro atoms. The van der Waals surface area contributed by atoms with Crippen molar-refractivity contribution in [2.24, 2.45) is 22.7 Å². The minimum absolute atomic E-state index is 0.0278. The van der Waals surface area contributed by atoms with Gasteiger partial charge in [0.1, 0.15) is 23.7 Å². The molecule has 2 fully saturated rings. The van der Waals surface area contributed by atoms with Crippen molar-refractivity contribution in [3.63, 3.8) is 0 Å². The van der Waals surface area contributed by atoms with Crippen LogP contribution in [0, 0.1) is 22.7 Å². The number of nitrogens with one attached hydrogen (secondary N) is 4. The van der Waals surface area contributed by atoms with Crippen LogP contribution in [0.25, 0.3) is 0 Å². The Balaban J connectivity index is 1.76. The predicted octanol–water partition coefficient (Wildman–Crippen LogP) is 2.71. The lowest BCUT2D eigenvalue weighted by molar-refractivity contribution is -0.145. The topological polar surface area (TPSA) is 183 Å². The normalized spacial score (nSPS) is 20.7. The number of hydrogen-bond acceptors (Lipinski definition) is 8. The van der Waals surface area contributed by atoms with E-state index in [4.69, 9.17) is 4.74 Å². The Morgan fingerprint density at radius 1 is 0.942 bits per heavy atom. The van der Waals surface area contributed by atoms with Crippen LogP contribution < -0.4 is 21.3 Å². The summed E-state index contributed by atoms with van der Waals surface area (Å²) >= 11 is 0. The van der Waals surface area contributed by atoms with Crippen LogP contribution in [0.5, 0.6) is 0 Å². The van der Waals surface area contributed by atoms with Gasteiger partial charge in [0.25, 0.3) is 5.91 Å². The van der Waals surface area contributed by atoms with Gasteiger partial charge in [-0.1, -0.05) is 84.7 Å². The zero-order valence-corrected chi connectivity index (χ0v) is 32.5. The second-order valence-electron chi connectivity index (χ2n) is 16.7. The number of likely N-dealkylation sites (tertiary alicyclic amines) is 1. The lowest BCUT2D eigenvalue weighted by Gasteiger charge is -2.38. The fourth-order valence-corrected chi connectivity index (χ4v) is 6.80. The molecule has 1 aromatic carbocycles. The number of alkyl carbamates (subject to hydrolysis) is 1. The Labute approximate surface area is 307 Å². The summed E-state index contributed by atoms with van der Waals surface area (Å²) in [6.45, 7) is 16.3. The minimum atomic E-state index is -1.21. The van der Waals surface area contributed by atoms with Crippen molar-refractivity contribution in [3.05, 3.63) is 35.9 Å². The molecule has 14 nitrogen and oxygen atoms in total. The molecule has 6 amide bonds.